The van der Waals surface area contributed by atoms with E-state index in [-0.39, 0.29) is 27.5 Å². The van der Waals surface area contributed by atoms with E-state index >= 15 is 0 Å². The number of aromatic nitrogens is 2. The summed E-state index contributed by atoms with van der Waals surface area (Å²) in [7, 11) is -4.20. The maximum atomic E-state index is 14.0. The van der Waals surface area contributed by atoms with E-state index in [9.17, 15) is 22.4 Å². The van der Waals surface area contributed by atoms with Gasteiger partial charge in [0.15, 0.2) is 11.9 Å². The van der Waals surface area contributed by atoms with E-state index < -0.39 is 27.9 Å². The second kappa shape index (κ2) is 10.4. The average molecular weight is 564 g/mol. The van der Waals surface area contributed by atoms with Crippen LogP contribution in [0.15, 0.2) is 87.9 Å². The Hall–Kier alpha value is -4.35. The summed E-state index contributed by atoms with van der Waals surface area (Å²) < 4.78 is 47.5. The zero-order valence-corrected chi connectivity index (χ0v) is 22.4. The third-order valence-corrected chi connectivity index (χ3v) is 8.31. The van der Waals surface area contributed by atoms with Crippen molar-refractivity contribution in [3.63, 3.8) is 0 Å². The van der Waals surface area contributed by atoms with E-state index in [0.717, 1.165) is 17.2 Å². The van der Waals surface area contributed by atoms with Gasteiger partial charge in [0.2, 0.25) is 0 Å². The number of halogens is 1. The van der Waals surface area contributed by atoms with Crippen LogP contribution in [-0.4, -0.2) is 24.4 Å². The first-order valence-corrected chi connectivity index (χ1v) is 14.2. The highest BCUT2D eigenvalue weighted by Gasteiger charge is 2.23. The summed E-state index contributed by atoms with van der Waals surface area (Å²) in [5, 5.41) is 2.30. The van der Waals surface area contributed by atoms with Crippen LogP contribution in [0.25, 0.3) is 21.3 Å². The largest absolute Gasteiger partial charge is 0.451 e. The van der Waals surface area contributed by atoms with E-state index in [0.29, 0.717) is 15.8 Å². The van der Waals surface area contributed by atoms with Crippen LogP contribution in [0.5, 0.6) is 0 Å². The van der Waals surface area contributed by atoms with Crippen LogP contribution < -0.4 is 10.3 Å². The molecule has 0 aliphatic carbocycles. The lowest BCUT2D eigenvalue weighted by atomic mass is 10.1. The van der Waals surface area contributed by atoms with Gasteiger partial charge in [0.1, 0.15) is 10.6 Å². The number of esters is 1. The van der Waals surface area contributed by atoms with Gasteiger partial charge in [-0.05, 0) is 49.2 Å². The Kier molecular flexibility index (Phi) is 7.02. The number of nitrogens with zero attached hydrogens (tertiary/aromatic N) is 1. The minimum atomic E-state index is -4.20. The summed E-state index contributed by atoms with van der Waals surface area (Å²) in [6.07, 6.45) is -0.937. The van der Waals surface area contributed by atoms with Crippen molar-refractivity contribution in [2.24, 2.45) is 0 Å². The molecule has 0 spiro atoms. The number of anilines is 1. The summed E-state index contributed by atoms with van der Waals surface area (Å²) >= 11 is 1.31. The van der Waals surface area contributed by atoms with Gasteiger partial charge in [-0.3, -0.25) is 9.52 Å². The zero-order chi connectivity index (χ0) is 27.7. The minimum Gasteiger partial charge on any atom is -0.451 e. The summed E-state index contributed by atoms with van der Waals surface area (Å²) in [5.41, 5.74) is 1.55. The number of aromatic amines is 1. The van der Waals surface area contributed by atoms with Gasteiger partial charge in [-0.1, -0.05) is 48.5 Å². The second-order valence-electron chi connectivity index (χ2n) is 8.76. The van der Waals surface area contributed by atoms with E-state index in [2.05, 4.69) is 14.7 Å². The molecule has 0 aliphatic rings. The minimum absolute atomic E-state index is 0.00386. The molecule has 2 aromatic heterocycles. The third kappa shape index (κ3) is 5.31. The molecule has 1 atom stereocenters. The molecule has 5 rings (SSSR count). The zero-order valence-electron chi connectivity index (χ0n) is 20.8. The number of thiophene rings is 1. The Bertz CT molecular complexity index is 1870. The van der Waals surface area contributed by atoms with Crippen molar-refractivity contribution in [2.45, 2.75) is 24.8 Å². The van der Waals surface area contributed by atoms with Crippen LogP contribution in [0.4, 0.5) is 10.1 Å². The average Bonchev–Trinajstić information content (AvgIpc) is 3.35. The molecule has 11 heteroatoms. The van der Waals surface area contributed by atoms with Crippen LogP contribution in [0.1, 0.15) is 34.8 Å². The molecule has 8 nitrogen and oxygen atoms in total. The van der Waals surface area contributed by atoms with Gasteiger partial charge in [0.05, 0.1) is 21.5 Å². The van der Waals surface area contributed by atoms with Crippen LogP contribution >= 0.6 is 11.3 Å². The smallest absolute Gasteiger partial charge is 0.339 e. The Morgan fingerprint density at radius 3 is 2.54 bits per heavy atom. The molecule has 0 bridgehead atoms. The number of hydrogen-bond acceptors (Lipinski definition) is 7. The molecule has 0 aliphatic heterocycles. The van der Waals surface area contributed by atoms with E-state index in [4.69, 9.17) is 4.74 Å². The maximum absolute atomic E-state index is 14.0. The van der Waals surface area contributed by atoms with Gasteiger partial charge in [0, 0.05) is 10.9 Å². The van der Waals surface area contributed by atoms with Gasteiger partial charge in [-0.25, -0.2) is 22.6 Å². The fourth-order valence-corrected chi connectivity index (χ4v) is 6.05. The Morgan fingerprint density at radius 2 is 1.79 bits per heavy atom. The molecule has 198 valence electrons. The van der Waals surface area contributed by atoms with Gasteiger partial charge in [-0.15, -0.1) is 11.3 Å². The quantitative estimate of drug-likeness (QED) is 0.241. The third-order valence-electron chi connectivity index (χ3n) is 6.07. The molecule has 2 heterocycles. The number of para-hydroxylation sites is 1. The fourth-order valence-electron chi connectivity index (χ4n) is 4.00. The first kappa shape index (κ1) is 26.3. The van der Waals surface area contributed by atoms with Crippen LogP contribution in [0.3, 0.4) is 0 Å². The molecule has 39 heavy (non-hydrogen) atoms. The van der Waals surface area contributed by atoms with Crippen molar-refractivity contribution >= 4 is 43.2 Å². The number of ether oxygens (including phenoxy) is 1. The predicted molar refractivity (Wildman–Crippen MR) is 148 cm³/mol. The van der Waals surface area contributed by atoms with Crippen LogP contribution in [-0.2, 0) is 14.8 Å². The highest BCUT2D eigenvalue weighted by molar-refractivity contribution is 7.92. The number of H-pyrrole nitrogens is 1. The number of rotatable bonds is 7. The van der Waals surface area contributed by atoms with Gasteiger partial charge in [0.25, 0.3) is 15.6 Å². The van der Waals surface area contributed by atoms with E-state index in [1.165, 1.54) is 47.7 Å². The summed E-state index contributed by atoms with van der Waals surface area (Å²) in [6, 6.07) is 18.8. The predicted octanol–water partition coefficient (Wildman–Crippen LogP) is 5.82. The van der Waals surface area contributed by atoms with Crippen LogP contribution in [0, 0.1) is 12.7 Å². The van der Waals surface area contributed by atoms with Crippen molar-refractivity contribution in [2.75, 3.05) is 4.72 Å². The first-order chi connectivity index (χ1) is 18.6. The maximum Gasteiger partial charge on any atom is 0.339 e. The Morgan fingerprint density at radius 1 is 1.08 bits per heavy atom. The number of carbonyl (C=O) groups excluding carboxylic acids is 1. The number of sulfonamides is 1. The lowest BCUT2D eigenvalue weighted by Crippen LogP contribution is -2.18. The van der Waals surface area contributed by atoms with Gasteiger partial charge < -0.3 is 9.72 Å². The Labute approximate surface area is 227 Å². The standard InChI is InChI=1S/C28H22FN3O5S2/c1-16-12-13-19(39(35,36)32-23-11-7-6-10-22(23)29)14-20(16)28(34)37-17(2)25-30-26(33)24-21(15-38-27(24)31-25)18-8-4-3-5-9-18/h3-15,17,32H,1-2H3,(H,30,31,33)/t17-/m1/s1. The number of aryl methyl sites for hydroxylation is 1. The van der Waals surface area contributed by atoms with Gasteiger partial charge in [-0.2, -0.15) is 0 Å². The lowest BCUT2D eigenvalue weighted by Gasteiger charge is -2.15. The Balaban J connectivity index is 1.40. The highest BCUT2D eigenvalue weighted by Crippen LogP contribution is 2.31. The lowest BCUT2D eigenvalue weighted by molar-refractivity contribution is 0.0319. The number of hydrogen-bond donors (Lipinski definition) is 2. The molecule has 0 saturated heterocycles. The normalized spacial score (nSPS) is 12.3. The SMILES string of the molecule is Cc1ccc(S(=O)(=O)Nc2ccccc2F)cc1C(=O)O[C@H](C)c1nc2scc(-c3ccccc3)c2c(=O)[nH]1. The number of benzene rings is 3. The highest BCUT2D eigenvalue weighted by atomic mass is 32.2. The number of nitrogens with one attached hydrogen (secondary N) is 2. The topological polar surface area (TPSA) is 118 Å². The monoisotopic (exact) mass is 563 g/mol. The summed E-state index contributed by atoms with van der Waals surface area (Å²) in [5.74, 6) is -1.38. The molecule has 0 radical (unpaired) electrons. The molecule has 5 aromatic rings. The van der Waals surface area contributed by atoms with Crippen molar-refractivity contribution in [3.05, 3.63) is 111 Å². The fraction of sp³-hybridized carbons (Fsp3) is 0.107. The van der Waals surface area contributed by atoms with Gasteiger partial charge >= 0.3 is 5.97 Å². The number of fused-ring (bicyclic) bond motifs is 1. The van der Waals surface area contributed by atoms with Crippen LogP contribution in [0.2, 0.25) is 0 Å². The van der Waals surface area contributed by atoms with E-state index in [1.807, 2.05) is 35.7 Å². The molecule has 3 aromatic carbocycles. The molecular weight excluding hydrogens is 541 g/mol. The first-order valence-electron chi connectivity index (χ1n) is 11.8. The van der Waals surface area contributed by atoms with Crippen molar-refractivity contribution in [1.29, 1.82) is 0 Å². The molecule has 0 amide bonds. The molecule has 2 N–H and O–H groups in total. The molecular formula is C28H22FN3O5S2. The molecule has 0 fully saturated rings. The number of carbonyl (C=O) groups is 1. The van der Waals surface area contributed by atoms with Crippen molar-refractivity contribution in [1.82, 2.24) is 9.97 Å². The summed E-state index contributed by atoms with van der Waals surface area (Å²) in [6.45, 7) is 3.19. The second-order valence-corrected chi connectivity index (χ2v) is 11.3. The van der Waals surface area contributed by atoms with E-state index in [1.54, 1.807) is 13.8 Å². The molecule has 0 saturated carbocycles. The summed E-state index contributed by atoms with van der Waals surface area (Å²) in [4.78, 5) is 33.5. The van der Waals surface area contributed by atoms with Crippen molar-refractivity contribution in [3.8, 4) is 11.1 Å². The van der Waals surface area contributed by atoms with Crippen molar-refractivity contribution < 1.29 is 22.3 Å². The molecule has 0 unspecified atom stereocenters.